The predicted molar refractivity (Wildman–Crippen MR) is 128 cm³/mol. The SMILES string of the molecule is Cc1ccc(S(=O)(=O)Nc2ccc(C(=O)NCc3cccc4ccccc34)cc2C)cc1. The van der Waals surface area contributed by atoms with Crippen molar-refractivity contribution in [3.63, 3.8) is 0 Å². The lowest BCUT2D eigenvalue weighted by Gasteiger charge is -2.13. The Labute approximate surface area is 188 Å². The number of anilines is 1. The number of sulfonamides is 1. The van der Waals surface area contributed by atoms with Gasteiger partial charge in [0.2, 0.25) is 0 Å². The molecule has 4 aromatic rings. The second-order valence-electron chi connectivity index (χ2n) is 7.77. The van der Waals surface area contributed by atoms with Crippen molar-refractivity contribution in [2.24, 2.45) is 0 Å². The van der Waals surface area contributed by atoms with E-state index in [0.29, 0.717) is 23.4 Å². The highest BCUT2D eigenvalue weighted by molar-refractivity contribution is 7.92. The molecule has 0 fully saturated rings. The Morgan fingerprint density at radius 1 is 0.844 bits per heavy atom. The Hall–Kier alpha value is -3.64. The average Bonchev–Trinajstić information content (AvgIpc) is 2.79. The Morgan fingerprint density at radius 2 is 1.56 bits per heavy atom. The highest BCUT2D eigenvalue weighted by Gasteiger charge is 2.16. The maximum absolute atomic E-state index is 12.7. The molecule has 0 unspecified atom stereocenters. The number of hydrogen-bond donors (Lipinski definition) is 2. The molecule has 0 aliphatic rings. The number of fused-ring (bicyclic) bond motifs is 1. The van der Waals surface area contributed by atoms with E-state index in [1.807, 2.05) is 49.4 Å². The van der Waals surface area contributed by atoms with Crippen LogP contribution in [0.1, 0.15) is 27.0 Å². The summed E-state index contributed by atoms with van der Waals surface area (Å²) in [5.74, 6) is -0.214. The highest BCUT2D eigenvalue weighted by Crippen LogP contribution is 2.22. The van der Waals surface area contributed by atoms with Gasteiger partial charge in [0, 0.05) is 12.1 Å². The summed E-state index contributed by atoms with van der Waals surface area (Å²) in [4.78, 5) is 12.9. The van der Waals surface area contributed by atoms with Gasteiger partial charge in [-0.15, -0.1) is 0 Å². The molecule has 0 heterocycles. The van der Waals surface area contributed by atoms with Crippen molar-refractivity contribution in [1.82, 2.24) is 5.32 Å². The number of carbonyl (C=O) groups excluding carboxylic acids is 1. The molecule has 5 nitrogen and oxygen atoms in total. The van der Waals surface area contributed by atoms with E-state index in [1.165, 1.54) is 0 Å². The summed E-state index contributed by atoms with van der Waals surface area (Å²) >= 11 is 0. The van der Waals surface area contributed by atoms with Crippen molar-refractivity contribution in [2.75, 3.05) is 4.72 Å². The van der Waals surface area contributed by atoms with Crippen LogP contribution in [0.15, 0.2) is 89.8 Å². The molecule has 0 radical (unpaired) electrons. The highest BCUT2D eigenvalue weighted by atomic mass is 32.2. The largest absolute Gasteiger partial charge is 0.348 e. The zero-order valence-electron chi connectivity index (χ0n) is 17.9. The van der Waals surface area contributed by atoms with E-state index >= 15 is 0 Å². The molecule has 32 heavy (non-hydrogen) atoms. The first-order valence-corrected chi connectivity index (χ1v) is 11.8. The molecule has 0 aromatic heterocycles. The summed E-state index contributed by atoms with van der Waals surface area (Å²) < 4.78 is 27.9. The van der Waals surface area contributed by atoms with Gasteiger partial charge in [0.25, 0.3) is 15.9 Å². The van der Waals surface area contributed by atoms with E-state index in [2.05, 4.69) is 10.0 Å². The summed E-state index contributed by atoms with van der Waals surface area (Å²) in [6, 6.07) is 25.6. The quantitative estimate of drug-likeness (QED) is 0.430. The molecule has 0 spiro atoms. The summed E-state index contributed by atoms with van der Waals surface area (Å²) in [5, 5.41) is 5.19. The second-order valence-corrected chi connectivity index (χ2v) is 9.45. The predicted octanol–water partition coefficient (Wildman–Crippen LogP) is 5.19. The molecule has 0 bridgehead atoms. The first-order valence-electron chi connectivity index (χ1n) is 10.3. The number of nitrogens with one attached hydrogen (secondary N) is 2. The van der Waals surface area contributed by atoms with Gasteiger partial charge in [-0.1, -0.05) is 60.2 Å². The molecule has 1 amide bonds. The van der Waals surface area contributed by atoms with Gasteiger partial charge in [-0.2, -0.15) is 0 Å². The minimum absolute atomic E-state index is 0.194. The van der Waals surface area contributed by atoms with Crippen LogP contribution < -0.4 is 10.0 Å². The Balaban J connectivity index is 1.47. The van der Waals surface area contributed by atoms with Crippen LogP contribution in [0, 0.1) is 13.8 Å². The van der Waals surface area contributed by atoms with Gasteiger partial charge < -0.3 is 5.32 Å². The third-order valence-electron chi connectivity index (χ3n) is 5.38. The third kappa shape index (κ3) is 4.65. The molecule has 162 valence electrons. The lowest BCUT2D eigenvalue weighted by atomic mass is 10.0. The minimum Gasteiger partial charge on any atom is -0.348 e. The summed E-state index contributed by atoms with van der Waals surface area (Å²) in [5.41, 5.74) is 3.60. The van der Waals surface area contributed by atoms with Crippen LogP contribution in [-0.2, 0) is 16.6 Å². The van der Waals surface area contributed by atoms with Crippen LogP contribution in [0.4, 0.5) is 5.69 Å². The van der Waals surface area contributed by atoms with Crippen LogP contribution >= 0.6 is 0 Å². The fourth-order valence-electron chi connectivity index (χ4n) is 3.56. The van der Waals surface area contributed by atoms with Crippen molar-refractivity contribution in [3.8, 4) is 0 Å². The Morgan fingerprint density at radius 3 is 2.31 bits per heavy atom. The van der Waals surface area contributed by atoms with Crippen molar-refractivity contribution in [3.05, 3.63) is 107 Å². The van der Waals surface area contributed by atoms with Crippen molar-refractivity contribution in [1.29, 1.82) is 0 Å². The number of carbonyl (C=O) groups is 1. The molecule has 6 heteroatoms. The van der Waals surface area contributed by atoms with Crippen molar-refractivity contribution >= 4 is 32.4 Å². The summed E-state index contributed by atoms with van der Waals surface area (Å²) in [7, 11) is -3.70. The molecule has 0 atom stereocenters. The third-order valence-corrected chi connectivity index (χ3v) is 6.76. The van der Waals surface area contributed by atoms with Crippen LogP contribution in [0.5, 0.6) is 0 Å². The van der Waals surface area contributed by atoms with E-state index in [0.717, 1.165) is 21.9 Å². The monoisotopic (exact) mass is 444 g/mol. The van der Waals surface area contributed by atoms with Crippen molar-refractivity contribution in [2.45, 2.75) is 25.3 Å². The molecule has 0 saturated heterocycles. The first kappa shape index (κ1) is 21.6. The van der Waals surface area contributed by atoms with Gasteiger partial charge in [-0.05, 0) is 66.1 Å². The molecule has 0 aliphatic carbocycles. The molecule has 0 aliphatic heterocycles. The minimum atomic E-state index is -3.70. The molecule has 4 rings (SSSR count). The molecular weight excluding hydrogens is 420 g/mol. The first-order chi connectivity index (χ1) is 15.3. The van der Waals surface area contributed by atoms with Crippen LogP contribution in [0.2, 0.25) is 0 Å². The lowest BCUT2D eigenvalue weighted by Crippen LogP contribution is -2.23. The zero-order chi connectivity index (χ0) is 22.7. The normalized spacial score (nSPS) is 11.3. The van der Waals surface area contributed by atoms with E-state index in [9.17, 15) is 13.2 Å². The van der Waals surface area contributed by atoms with E-state index in [1.54, 1.807) is 49.4 Å². The number of rotatable bonds is 6. The number of hydrogen-bond acceptors (Lipinski definition) is 3. The van der Waals surface area contributed by atoms with Gasteiger partial charge in [0.1, 0.15) is 0 Å². The zero-order valence-corrected chi connectivity index (χ0v) is 18.7. The van der Waals surface area contributed by atoms with E-state index < -0.39 is 10.0 Å². The van der Waals surface area contributed by atoms with Gasteiger partial charge >= 0.3 is 0 Å². The molecule has 2 N–H and O–H groups in total. The van der Waals surface area contributed by atoms with Gasteiger partial charge in [0.15, 0.2) is 0 Å². The number of amides is 1. The number of aryl methyl sites for hydroxylation is 2. The van der Waals surface area contributed by atoms with Gasteiger partial charge in [0.05, 0.1) is 10.6 Å². The maximum atomic E-state index is 12.7. The Bertz CT molecular complexity index is 1390. The molecule has 0 saturated carbocycles. The van der Waals surface area contributed by atoms with E-state index in [-0.39, 0.29) is 10.8 Å². The van der Waals surface area contributed by atoms with Crippen LogP contribution in [0.25, 0.3) is 10.8 Å². The fourth-order valence-corrected chi connectivity index (χ4v) is 4.70. The Kier molecular flexibility index (Phi) is 5.97. The summed E-state index contributed by atoms with van der Waals surface area (Å²) in [6.45, 7) is 4.08. The molecule has 4 aromatic carbocycles. The van der Waals surface area contributed by atoms with Crippen LogP contribution in [-0.4, -0.2) is 14.3 Å². The maximum Gasteiger partial charge on any atom is 0.261 e. The van der Waals surface area contributed by atoms with Gasteiger partial charge in [-0.3, -0.25) is 9.52 Å². The topological polar surface area (TPSA) is 75.3 Å². The van der Waals surface area contributed by atoms with Gasteiger partial charge in [-0.25, -0.2) is 8.42 Å². The summed E-state index contributed by atoms with van der Waals surface area (Å²) in [6.07, 6.45) is 0. The van der Waals surface area contributed by atoms with Crippen LogP contribution in [0.3, 0.4) is 0 Å². The smallest absolute Gasteiger partial charge is 0.261 e. The van der Waals surface area contributed by atoms with E-state index in [4.69, 9.17) is 0 Å². The number of benzene rings is 4. The second kappa shape index (κ2) is 8.85. The molecular formula is C26H24N2O3S. The average molecular weight is 445 g/mol. The van der Waals surface area contributed by atoms with Crippen molar-refractivity contribution < 1.29 is 13.2 Å². The lowest BCUT2D eigenvalue weighted by molar-refractivity contribution is 0.0951. The fraction of sp³-hybridized carbons (Fsp3) is 0.115. The standard InChI is InChI=1S/C26H24N2O3S/c1-18-10-13-23(14-11-18)32(30,31)28-25-15-12-21(16-19(25)2)26(29)27-17-22-8-5-7-20-6-3-4-9-24(20)22/h3-16,28H,17H2,1-2H3,(H,27,29).